The van der Waals surface area contributed by atoms with Crippen LogP contribution in [0.1, 0.15) is 23.1 Å². The normalized spacial score (nSPS) is 10.8. The van der Waals surface area contributed by atoms with E-state index < -0.39 is 0 Å². The van der Waals surface area contributed by atoms with E-state index in [1.54, 1.807) is 10.9 Å². The first-order chi connectivity index (χ1) is 9.18. The second-order valence-electron chi connectivity index (χ2n) is 4.34. The molecule has 5 nitrogen and oxygen atoms in total. The molecule has 0 N–H and O–H groups in total. The molecule has 0 aliphatic heterocycles. The lowest BCUT2D eigenvalue weighted by Crippen LogP contribution is -2.02. The van der Waals surface area contributed by atoms with Crippen LogP contribution in [0.4, 0.5) is 0 Å². The fourth-order valence-electron chi connectivity index (χ4n) is 2.16. The van der Waals surface area contributed by atoms with Crippen LogP contribution in [0, 0.1) is 6.92 Å². The molecule has 2 aromatic heterocycles. The van der Waals surface area contributed by atoms with Crippen LogP contribution < -0.4 is 0 Å². The second kappa shape index (κ2) is 4.28. The number of Topliss-reactive ketones (excluding diaryl/α,β-unsaturated/α-hetero) is 1. The number of pyridine rings is 1. The molecule has 0 saturated carbocycles. The number of carbonyl (C=O) groups excluding carboxylic acids is 1. The van der Waals surface area contributed by atoms with Gasteiger partial charge in [-0.1, -0.05) is 11.3 Å². The van der Waals surface area contributed by atoms with Gasteiger partial charge >= 0.3 is 0 Å². The summed E-state index contributed by atoms with van der Waals surface area (Å²) in [5.74, 6) is -0.0814. The van der Waals surface area contributed by atoms with E-state index in [1.807, 2.05) is 37.3 Å². The highest BCUT2D eigenvalue weighted by molar-refractivity contribution is 5.93. The minimum absolute atomic E-state index is 0.0814. The lowest BCUT2D eigenvalue weighted by molar-refractivity contribution is 0.101. The van der Waals surface area contributed by atoms with Crippen LogP contribution in [0.15, 0.2) is 36.5 Å². The molecular weight excluding hydrogens is 240 g/mol. The molecule has 0 amide bonds. The Balaban J connectivity index is 2.28. The smallest absolute Gasteiger partial charge is 0.181 e. The number of hydrogen-bond acceptors (Lipinski definition) is 4. The summed E-state index contributed by atoms with van der Waals surface area (Å²) in [6, 6.07) is 9.65. The van der Waals surface area contributed by atoms with Gasteiger partial charge < -0.3 is 0 Å². The molecule has 0 aliphatic carbocycles. The summed E-state index contributed by atoms with van der Waals surface area (Å²) in [4.78, 5) is 15.8. The lowest BCUT2D eigenvalue weighted by Gasteiger charge is -2.06. The van der Waals surface area contributed by atoms with E-state index in [2.05, 4.69) is 15.3 Å². The predicted molar refractivity (Wildman–Crippen MR) is 71.4 cm³/mol. The molecule has 0 spiro atoms. The van der Waals surface area contributed by atoms with Crippen molar-refractivity contribution in [3.05, 3.63) is 47.9 Å². The molecule has 1 aromatic carbocycles. The Morgan fingerprint density at radius 1 is 1.21 bits per heavy atom. The van der Waals surface area contributed by atoms with Crippen molar-refractivity contribution in [2.24, 2.45) is 0 Å². The molecule has 0 fully saturated rings. The van der Waals surface area contributed by atoms with Crippen LogP contribution in [0.5, 0.6) is 0 Å². The largest absolute Gasteiger partial charge is 0.293 e. The van der Waals surface area contributed by atoms with E-state index in [9.17, 15) is 4.79 Å². The molecule has 2 heterocycles. The van der Waals surface area contributed by atoms with Crippen LogP contribution in [0.3, 0.4) is 0 Å². The molecule has 0 aliphatic rings. The van der Waals surface area contributed by atoms with Crippen molar-refractivity contribution >= 4 is 16.7 Å². The van der Waals surface area contributed by atoms with Crippen molar-refractivity contribution in [3.8, 4) is 5.69 Å². The Labute approximate surface area is 109 Å². The number of benzene rings is 1. The number of rotatable bonds is 2. The quantitative estimate of drug-likeness (QED) is 0.657. The zero-order chi connectivity index (χ0) is 13.4. The van der Waals surface area contributed by atoms with Gasteiger partial charge in [0, 0.05) is 18.5 Å². The van der Waals surface area contributed by atoms with Gasteiger partial charge in [-0.05, 0) is 31.2 Å². The summed E-state index contributed by atoms with van der Waals surface area (Å²) < 4.78 is 1.68. The number of hydrogen-bond donors (Lipinski definition) is 0. The molecule has 0 unspecified atom stereocenters. The zero-order valence-corrected chi connectivity index (χ0v) is 10.7. The van der Waals surface area contributed by atoms with Crippen molar-refractivity contribution in [2.75, 3.05) is 0 Å². The Morgan fingerprint density at radius 2 is 2.05 bits per heavy atom. The summed E-state index contributed by atoms with van der Waals surface area (Å²) in [6.07, 6.45) is 1.75. The number of ketones is 1. The molecule has 0 bridgehead atoms. The molecule has 0 radical (unpaired) electrons. The van der Waals surface area contributed by atoms with Gasteiger partial charge in [0.2, 0.25) is 0 Å². The summed E-state index contributed by atoms with van der Waals surface area (Å²) in [7, 11) is 0. The van der Waals surface area contributed by atoms with Gasteiger partial charge in [-0.15, -0.1) is 5.10 Å². The fourth-order valence-corrected chi connectivity index (χ4v) is 2.16. The summed E-state index contributed by atoms with van der Waals surface area (Å²) in [5, 5.41) is 9.00. The molecule has 3 rings (SSSR count). The summed E-state index contributed by atoms with van der Waals surface area (Å²) >= 11 is 0. The van der Waals surface area contributed by atoms with Crippen LogP contribution in [-0.4, -0.2) is 25.8 Å². The van der Waals surface area contributed by atoms with Crippen molar-refractivity contribution in [1.29, 1.82) is 0 Å². The third kappa shape index (κ3) is 1.79. The zero-order valence-electron chi connectivity index (χ0n) is 10.7. The Morgan fingerprint density at radius 3 is 2.79 bits per heavy atom. The van der Waals surface area contributed by atoms with Crippen molar-refractivity contribution in [2.45, 2.75) is 13.8 Å². The number of nitrogens with zero attached hydrogens (tertiary/aromatic N) is 4. The number of aromatic nitrogens is 4. The van der Waals surface area contributed by atoms with E-state index in [0.717, 1.165) is 22.3 Å². The third-order valence-electron chi connectivity index (χ3n) is 3.08. The van der Waals surface area contributed by atoms with Crippen LogP contribution >= 0.6 is 0 Å². The molecule has 5 heteroatoms. The Hall–Kier alpha value is -2.56. The van der Waals surface area contributed by atoms with Gasteiger partial charge in [0.25, 0.3) is 0 Å². The van der Waals surface area contributed by atoms with E-state index >= 15 is 0 Å². The average Bonchev–Trinajstić information content (AvgIpc) is 2.80. The maximum Gasteiger partial charge on any atom is 0.181 e. The highest BCUT2D eigenvalue weighted by Crippen LogP contribution is 2.21. The maximum absolute atomic E-state index is 11.4. The molecule has 3 aromatic rings. The van der Waals surface area contributed by atoms with Crippen LogP contribution in [0.2, 0.25) is 0 Å². The first-order valence-corrected chi connectivity index (χ1v) is 5.96. The van der Waals surface area contributed by atoms with E-state index in [0.29, 0.717) is 5.69 Å². The molecule has 0 saturated heterocycles. The minimum Gasteiger partial charge on any atom is -0.293 e. The van der Waals surface area contributed by atoms with Gasteiger partial charge in [0.15, 0.2) is 11.5 Å². The van der Waals surface area contributed by atoms with Crippen molar-refractivity contribution < 1.29 is 4.79 Å². The summed E-state index contributed by atoms with van der Waals surface area (Å²) in [5.41, 5.74) is 2.91. The minimum atomic E-state index is -0.0814. The third-order valence-corrected chi connectivity index (χ3v) is 3.08. The highest BCUT2D eigenvalue weighted by atomic mass is 16.1. The predicted octanol–water partition coefficient (Wildman–Crippen LogP) is 2.33. The lowest BCUT2D eigenvalue weighted by atomic mass is 10.1. The van der Waals surface area contributed by atoms with Gasteiger partial charge in [0.1, 0.15) is 0 Å². The SMILES string of the molecule is CC(=O)c1nnn(-c2cccc3ncccc23)c1C. The van der Waals surface area contributed by atoms with Crippen molar-refractivity contribution in [1.82, 2.24) is 20.0 Å². The average molecular weight is 252 g/mol. The summed E-state index contributed by atoms with van der Waals surface area (Å²) in [6.45, 7) is 3.33. The Kier molecular flexibility index (Phi) is 2.59. The molecular formula is C14H12N4O. The van der Waals surface area contributed by atoms with Crippen molar-refractivity contribution in [3.63, 3.8) is 0 Å². The second-order valence-corrected chi connectivity index (χ2v) is 4.34. The van der Waals surface area contributed by atoms with Gasteiger partial charge in [-0.3, -0.25) is 9.78 Å². The van der Waals surface area contributed by atoms with Gasteiger partial charge in [-0.2, -0.15) is 0 Å². The van der Waals surface area contributed by atoms with E-state index in [4.69, 9.17) is 0 Å². The molecule has 19 heavy (non-hydrogen) atoms. The molecule has 94 valence electrons. The first-order valence-electron chi connectivity index (χ1n) is 5.96. The monoisotopic (exact) mass is 252 g/mol. The van der Waals surface area contributed by atoms with Gasteiger partial charge in [-0.25, -0.2) is 4.68 Å². The molecule has 0 atom stereocenters. The number of carbonyl (C=O) groups is 1. The maximum atomic E-state index is 11.4. The standard InChI is InChI=1S/C14H12N4O/c1-9-14(10(2)19)16-17-18(9)13-7-3-6-12-11(13)5-4-8-15-12/h3-8H,1-2H3. The Bertz CT molecular complexity index is 771. The topological polar surface area (TPSA) is 60.7 Å². The highest BCUT2D eigenvalue weighted by Gasteiger charge is 2.15. The van der Waals surface area contributed by atoms with E-state index in [1.165, 1.54) is 6.92 Å². The fraction of sp³-hybridized carbons (Fsp3) is 0.143. The van der Waals surface area contributed by atoms with Crippen LogP contribution in [0.25, 0.3) is 16.6 Å². The van der Waals surface area contributed by atoms with E-state index in [-0.39, 0.29) is 5.78 Å². The van der Waals surface area contributed by atoms with Crippen LogP contribution in [-0.2, 0) is 0 Å². The van der Waals surface area contributed by atoms with Gasteiger partial charge in [0.05, 0.1) is 16.9 Å². The first kappa shape index (κ1) is 11.5. The number of fused-ring (bicyclic) bond motifs is 1.